The summed E-state index contributed by atoms with van der Waals surface area (Å²) in [5.41, 5.74) is 0. The number of carbonyl (C=O) groups excluding carboxylic acids is 1. The number of hydrogen-bond acceptors (Lipinski definition) is 2. The van der Waals surface area contributed by atoms with E-state index in [0.29, 0.717) is 5.92 Å². The molecule has 0 aromatic carbocycles. The van der Waals surface area contributed by atoms with E-state index in [4.69, 9.17) is 4.43 Å². The molecule has 0 aliphatic carbocycles. The average Bonchev–Trinajstić information content (AvgIpc) is 2.45. The van der Waals surface area contributed by atoms with Gasteiger partial charge in [-0.1, -0.05) is 67.2 Å². The molecule has 3 nitrogen and oxygen atoms in total. The molecule has 0 aromatic heterocycles. The third-order valence-electron chi connectivity index (χ3n) is 5.20. The molecule has 2 unspecified atom stereocenters. The van der Waals surface area contributed by atoms with Gasteiger partial charge in [-0.15, -0.1) is 0 Å². The van der Waals surface area contributed by atoms with Crippen LogP contribution in [0, 0.1) is 5.92 Å². The van der Waals surface area contributed by atoms with Gasteiger partial charge in [0, 0.05) is 6.54 Å². The zero-order valence-electron chi connectivity index (χ0n) is 16.9. The summed E-state index contributed by atoms with van der Waals surface area (Å²) in [6.45, 7) is 18.5. The molecular formula is C19H41NO2Si. The van der Waals surface area contributed by atoms with Crippen molar-refractivity contribution in [3.05, 3.63) is 0 Å². The molecule has 0 saturated carbocycles. The maximum atomic E-state index is 12.8. The quantitative estimate of drug-likeness (QED) is 0.397. The van der Waals surface area contributed by atoms with Gasteiger partial charge in [-0.3, -0.25) is 4.79 Å². The second kappa shape index (κ2) is 10.5. The Morgan fingerprint density at radius 1 is 1.09 bits per heavy atom. The van der Waals surface area contributed by atoms with Gasteiger partial charge in [0.05, 0.1) is 0 Å². The van der Waals surface area contributed by atoms with Crippen molar-refractivity contribution in [1.82, 2.24) is 5.32 Å². The Kier molecular flexibility index (Phi) is 10.3. The molecule has 0 aromatic rings. The standard InChI is InChI=1S/C19H41NO2Si/c1-9-12-14-16(11-3)17(18(21)20-15-13-10-2)22-23(7,8)19(4,5)6/h16-17H,9-15H2,1-8H3,(H,20,21). The Hall–Kier alpha value is -0.353. The first kappa shape index (κ1) is 22.6. The van der Waals surface area contributed by atoms with E-state index in [-0.39, 0.29) is 17.0 Å². The average molecular weight is 344 g/mol. The lowest BCUT2D eigenvalue weighted by Crippen LogP contribution is -2.51. The van der Waals surface area contributed by atoms with Crippen LogP contribution in [0.1, 0.15) is 80.1 Å². The van der Waals surface area contributed by atoms with Crippen molar-refractivity contribution in [2.75, 3.05) is 6.54 Å². The van der Waals surface area contributed by atoms with Crippen molar-refractivity contribution in [1.29, 1.82) is 0 Å². The molecule has 0 aliphatic heterocycles. The van der Waals surface area contributed by atoms with Crippen LogP contribution in [-0.2, 0) is 9.22 Å². The first-order chi connectivity index (χ1) is 10.6. The number of unbranched alkanes of at least 4 members (excludes halogenated alkanes) is 2. The summed E-state index contributed by atoms with van der Waals surface area (Å²) in [4.78, 5) is 12.8. The largest absolute Gasteiger partial charge is 0.405 e. The lowest BCUT2D eigenvalue weighted by atomic mass is 9.93. The molecule has 2 atom stereocenters. The Balaban J connectivity index is 5.15. The van der Waals surface area contributed by atoms with E-state index in [9.17, 15) is 4.79 Å². The minimum Gasteiger partial charge on any atom is -0.405 e. The van der Waals surface area contributed by atoms with E-state index in [0.717, 1.165) is 38.6 Å². The first-order valence-corrected chi connectivity index (χ1v) is 12.5. The molecule has 0 fully saturated rings. The summed E-state index contributed by atoms with van der Waals surface area (Å²) in [5, 5.41) is 3.23. The van der Waals surface area contributed by atoms with Gasteiger partial charge in [0.2, 0.25) is 5.91 Å². The molecule has 0 rings (SSSR count). The highest BCUT2D eigenvalue weighted by molar-refractivity contribution is 6.74. The van der Waals surface area contributed by atoms with Crippen molar-refractivity contribution < 1.29 is 9.22 Å². The molecule has 138 valence electrons. The Labute approximate surface area is 146 Å². The smallest absolute Gasteiger partial charge is 0.248 e. The van der Waals surface area contributed by atoms with Crippen LogP contribution in [0.3, 0.4) is 0 Å². The van der Waals surface area contributed by atoms with E-state index in [1.165, 1.54) is 6.42 Å². The summed E-state index contributed by atoms with van der Waals surface area (Å²) in [7, 11) is -1.96. The lowest BCUT2D eigenvalue weighted by Gasteiger charge is -2.40. The van der Waals surface area contributed by atoms with E-state index < -0.39 is 8.32 Å². The zero-order valence-corrected chi connectivity index (χ0v) is 17.9. The predicted octanol–water partition coefficient (Wildman–Crippen LogP) is 5.51. The van der Waals surface area contributed by atoms with Crippen molar-refractivity contribution >= 4 is 14.2 Å². The molecule has 0 aliphatic rings. The van der Waals surface area contributed by atoms with Crippen molar-refractivity contribution in [3.63, 3.8) is 0 Å². The summed E-state index contributed by atoms with van der Waals surface area (Å²) >= 11 is 0. The molecule has 0 bridgehead atoms. The van der Waals surface area contributed by atoms with E-state index >= 15 is 0 Å². The predicted molar refractivity (Wildman–Crippen MR) is 103 cm³/mol. The Morgan fingerprint density at radius 3 is 2.09 bits per heavy atom. The lowest BCUT2D eigenvalue weighted by molar-refractivity contribution is -0.131. The second-order valence-electron chi connectivity index (χ2n) is 8.25. The van der Waals surface area contributed by atoms with Crippen LogP contribution in [0.25, 0.3) is 0 Å². The molecule has 4 heteroatoms. The van der Waals surface area contributed by atoms with Gasteiger partial charge < -0.3 is 9.74 Å². The molecular weight excluding hydrogens is 302 g/mol. The fraction of sp³-hybridized carbons (Fsp3) is 0.947. The molecule has 0 radical (unpaired) electrons. The first-order valence-electron chi connectivity index (χ1n) is 9.56. The van der Waals surface area contributed by atoms with Gasteiger partial charge in [-0.25, -0.2) is 0 Å². The van der Waals surface area contributed by atoms with Gasteiger partial charge in [-0.2, -0.15) is 0 Å². The molecule has 1 N–H and O–H groups in total. The number of hydrogen-bond donors (Lipinski definition) is 1. The van der Waals surface area contributed by atoms with Crippen LogP contribution in [-0.4, -0.2) is 26.9 Å². The molecule has 0 saturated heterocycles. The summed E-state index contributed by atoms with van der Waals surface area (Å²) in [6, 6.07) is 0. The van der Waals surface area contributed by atoms with E-state index in [1.54, 1.807) is 0 Å². The zero-order chi connectivity index (χ0) is 18.1. The van der Waals surface area contributed by atoms with Gasteiger partial charge >= 0.3 is 0 Å². The van der Waals surface area contributed by atoms with Crippen LogP contribution in [0.4, 0.5) is 0 Å². The molecule has 1 amide bonds. The highest BCUT2D eigenvalue weighted by atomic mass is 28.4. The minimum absolute atomic E-state index is 0.103. The third-order valence-corrected chi connectivity index (χ3v) is 9.65. The minimum atomic E-state index is -1.96. The van der Waals surface area contributed by atoms with Crippen LogP contribution in [0.2, 0.25) is 18.1 Å². The number of carbonyl (C=O) groups is 1. The van der Waals surface area contributed by atoms with Crippen molar-refractivity contribution in [2.45, 2.75) is 104 Å². The van der Waals surface area contributed by atoms with Crippen LogP contribution in [0.5, 0.6) is 0 Å². The summed E-state index contributed by atoms with van der Waals surface area (Å²) < 4.78 is 6.57. The van der Waals surface area contributed by atoms with Crippen molar-refractivity contribution in [2.24, 2.45) is 5.92 Å². The summed E-state index contributed by atoms with van der Waals surface area (Å²) in [6.07, 6.45) is 6.25. The van der Waals surface area contributed by atoms with Crippen LogP contribution >= 0.6 is 0 Å². The maximum absolute atomic E-state index is 12.8. The highest BCUT2D eigenvalue weighted by Crippen LogP contribution is 2.38. The summed E-state index contributed by atoms with van der Waals surface area (Å²) in [5.74, 6) is 0.428. The van der Waals surface area contributed by atoms with E-state index in [1.807, 2.05) is 0 Å². The monoisotopic (exact) mass is 343 g/mol. The Bertz CT molecular complexity index is 337. The normalized spacial score (nSPS) is 15.3. The van der Waals surface area contributed by atoms with E-state index in [2.05, 4.69) is 60.0 Å². The van der Waals surface area contributed by atoms with Crippen LogP contribution in [0.15, 0.2) is 0 Å². The fourth-order valence-corrected chi connectivity index (χ4v) is 3.67. The SMILES string of the molecule is CCCCNC(=O)C(O[Si](C)(C)C(C)(C)C)C(CC)CCCC. The van der Waals surface area contributed by atoms with Gasteiger partial charge in [-0.05, 0) is 36.9 Å². The van der Waals surface area contributed by atoms with Gasteiger partial charge in [0.1, 0.15) is 6.10 Å². The number of rotatable bonds is 11. The Morgan fingerprint density at radius 2 is 1.65 bits per heavy atom. The highest BCUT2D eigenvalue weighted by Gasteiger charge is 2.42. The maximum Gasteiger partial charge on any atom is 0.248 e. The van der Waals surface area contributed by atoms with Gasteiger partial charge in [0.25, 0.3) is 0 Å². The molecule has 0 spiro atoms. The molecule has 23 heavy (non-hydrogen) atoms. The number of nitrogens with one attached hydrogen (secondary N) is 1. The van der Waals surface area contributed by atoms with Gasteiger partial charge in [0.15, 0.2) is 8.32 Å². The second-order valence-corrected chi connectivity index (χ2v) is 13.0. The fourth-order valence-electron chi connectivity index (χ4n) is 2.38. The topological polar surface area (TPSA) is 38.3 Å². The van der Waals surface area contributed by atoms with Crippen molar-refractivity contribution in [3.8, 4) is 0 Å². The number of amides is 1. The third kappa shape index (κ3) is 7.84. The van der Waals surface area contributed by atoms with Crippen LogP contribution < -0.4 is 5.32 Å². The molecule has 0 heterocycles.